The van der Waals surface area contributed by atoms with Crippen LogP contribution < -0.4 is 10.1 Å². The van der Waals surface area contributed by atoms with Crippen LogP contribution in [0.5, 0.6) is 5.75 Å². The third-order valence-corrected chi connectivity index (χ3v) is 4.34. The molecule has 1 saturated carbocycles. The Hall–Kier alpha value is -2.48. The van der Waals surface area contributed by atoms with Crippen molar-refractivity contribution in [1.82, 2.24) is 4.90 Å². The molecule has 2 rings (SSSR count). The number of carbonyl (C=O) groups excluding carboxylic acids is 1. The summed E-state index contributed by atoms with van der Waals surface area (Å²) < 4.78 is 5.39. The molecule has 0 atom stereocenters. The lowest BCUT2D eigenvalue weighted by atomic mass is 9.94. The summed E-state index contributed by atoms with van der Waals surface area (Å²) in [6, 6.07) is 9.65. The van der Waals surface area contributed by atoms with Crippen molar-refractivity contribution < 1.29 is 9.53 Å². The molecule has 5 heteroatoms. The van der Waals surface area contributed by atoms with Crippen LogP contribution in [0.2, 0.25) is 0 Å². The predicted molar refractivity (Wildman–Crippen MR) is 94.6 cm³/mol. The summed E-state index contributed by atoms with van der Waals surface area (Å²) in [5.41, 5.74) is 0.927. The first kappa shape index (κ1) is 17.9. The lowest BCUT2D eigenvalue weighted by molar-refractivity contribution is -0.128. The van der Waals surface area contributed by atoms with Crippen LogP contribution in [0, 0.1) is 11.3 Å². The van der Waals surface area contributed by atoms with Crippen LogP contribution in [-0.2, 0) is 4.79 Å². The quantitative estimate of drug-likeness (QED) is 0.639. The maximum atomic E-state index is 12.5. The van der Waals surface area contributed by atoms with E-state index in [-0.39, 0.29) is 17.5 Å². The van der Waals surface area contributed by atoms with Crippen molar-refractivity contribution in [1.29, 1.82) is 5.26 Å². The number of hydrogen-bond acceptors (Lipinski definition) is 4. The monoisotopic (exact) mass is 327 g/mol. The van der Waals surface area contributed by atoms with Gasteiger partial charge in [0.1, 0.15) is 17.4 Å². The minimum absolute atomic E-state index is 0.122. The van der Waals surface area contributed by atoms with Gasteiger partial charge in [-0.3, -0.25) is 4.79 Å². The summed E-state index contributed by atoms with van der Waals surface area (Å²) in [4.78, 5) is 14.2. The van der Waals surface area contributed by atoms with E-state index in [1.54, 1.807) is 11.9 Å². The molecule has 1 N–H and O–H groups in total. The Labute approximate surface area is 143 Å². The van der Waals surface area contributed by atoms with E-state index < -0.39 is 0 Å². The molecule has 1 fully saturated rings. The molecular formula is C19H25N3O2. The molecular weight excluding hydrogens is 302 g/mol. The zero-order chi connectivity index (χ0) is 17.4. The first-order chi connectivity index (χ1) is 11.7. The first-order valence-electron chi connectivity index (χ1n) is 8.52. The van der Waals surface area contributed by atoms with Crippen LogP contribution in [0.1, 0.15) is 39.0 Å². The summed E-state index contributed by atoms with van der Waals surface area (Å²) in [6.07, 6.45) is 7.06. The highest BCUT2D eigenvalue weighted by Crippen LogP contribution is 2.23. The largest absolute Gasteiger partial charge is 0.494 e. The Kier molecular flexibility index (Phi) is 6.68. The Morgan fingerprint density at radius 1 is 1.33 bits per heavy atom. The van der Waals surface area contributed by atoms with Gasteiger partial charge in [0, 0.05) is 25.0 Å². The van der Waals surface area contributed by atoms with Gasteiger partial charge in [-0.15, -0.1) is 0 Å². The van der Waals surface area contributed by atoms with Gasteiger partial charge in [-0.2, -0.15) is 5.26 Å². The van der Waals surface area contributed by atoms with Gasteiger partial charge in [-0.05, 0) is 44.0 Å². The molecule has 24 heavy (non-hydrogen) atoms. The molecule has 1 aromatic carbocycles. The standard InChI is InChI=1S/C19H25N3O2/c1-3-24-18-11-9-16(10-12-18)21-14-15(13-20)19(23)22(2)17-7-5-4-6-8-17/h9-12,14,17,21H,3-8H2,1-2H3/b15-14-. The van der Waals surface area contributed by atoms with E-state index in [1.807, 2.05) is 37.3 Å². The van der Waals surface area contributed by atoms with E-state index in [9.17, 15) is 10.1 Å². The fraction of sp³-hybridized carbons (Fsp3) is 0.474. The summed E-state index contributed by atoms with van der Waals surface area (Å²) >= 11 is 0. The molecule has 0 radical (unpaired) electrons. The maximum absolute atomic E-state index is 12.5. The van der Waals surface area contributed by atoms with Crippen molar-refractivity contribution in [2.45, 2.75) is 45.1 Å². The van der Waals surface area contributed by atoms with Gasteiger partial charge in [0.05, 0.1) is 6.61 Å². The van der Waals surface area contributed by atoms with Crippen molar-refractivity contribution in [2.75, 3.05) is 19.0 Å². The van der Waals surface area contributed by atoms with Crippen LogP contribution >= 0.6 is 0 Å². The lowest BCUT2D eigenvalue weighted by Gasteiger charge is -2.31. The number of benzene rings is 1. The smallest absolute Gasteiger partial charge is 0.266 e. The SMILES string of the molecule is CCOc1ccc(N/C=C(/C#N)C(=O)N(C)C2CCCCC2)cc1. The molecule has 1 amide bonds. The van der Waals surface area contributed by atoms with E-state index >= 15 is 0 Å². The van der Waals surface area contributed by atoms with Crippen LogP contribution in [-0.4, -0.2) is 30.5 Å². The Morgan fingerprint density at radius 3 is 2.58 bits per heavy atom. The number of ether oxygens (including phenoxy) is 1. The first-order valence-corrected chi connectivity index (χ1v) is 8.52. The third-order valence-electron chi connectivity index (χ3n) is 4.34. The fourth-order valence-corrected chi connectivity index (χ4v) is 2.94. The van der Waals surface area contributed by atoms with Gasteiger partial charge in [0.2, 0.25) is 0 Å². The molecule has 0 aliphatic heterocycles. The van der Waals surface area contributed by atoms with E-state index in [2.05, 4.69) is 5.32 Å². The highest BCUT2D eigenvalue weighted by atomic mass is 16.5. The second kappa shape index (κ2) is 8.97. The van der Waals surface area contributed by atoms with Crippen molar-refractivity contribution in [3.63, 3.8) is 0 Å². The lowest BCUT2D eigenvalue weighted by Crippen LogP contribution is -2.39. The van der Waals surface area contributed by atoms with Crippen molar-refractivity contribution >= 4 is 11.6 Å². The fourth-order valence-electron chi connectivity index (χ4n) is 2.94. The number of rotatable bonds is 6. The molecule has 1 aliphatic rings. The minimum atomic E-state index is -0.220. The molecule has 0 saturated heterocycles. The Balaban J connectivity index is 1.99. The van der Waals surface area contributed by atoms with Gasteiger partial charge in [0.15, 0.2) is 0 Å². The zero-order valence-corrected chi connectivity index (χ0v) is 14.4. The molecule has 0 unspecified atom stereocenters. The van der Waals surface area contributed by atoms with E-state index in [4.69, 9.17) is 4.74 Å². The molecule has 1 aliphatic carbocycles. The number of nitriles is 1. The molecule has 5 nitrogen and oxygen atoms in total. The molecule has 0 spiro atoms. The Bertz CT molecular complexity index is 610. The number of hydrogen-bond donors (Lipinski definition) is 1. The van der Waals surface area contributed by atoms with E-state index in [0.29, 0.717) is 6.61 Å². The van der Waals surface area contributed by atoms with Crippen LogP contribution in [0.15, 0.2) is 36.0 Å². The third kappa shape index (κ3) is 4.76. The second-order valence-corrected chi connectivity index (χ2v) is 5.98. The number of nitrogens with zero attached hydrogens (tertiary/aromatic N) is 2. The summed E-state index contributed by atoms with van der Waals surface area (Å²) in [6.45, 7) is 2.55. The number of likely N-dealkylation sites (N-methyl/N-ethyl adjacent to an activating group) is 1. The summed E-state index contributed by atoms with van der Waals surface area (Å²) in [7, 11) is 1.79. The van der Waals surface area contributed by atoms with Crippen molar-refractivity contribution in [2.24, 2.45) is 0 Å². The van der Waals surface area contributed by atoms with Crippen molar-refractivity contribution in [3.8, 4) is 11.8 Å². The number of carbonyl (C=O) groups is 1. The van der Waals surface area contributed by atoms with Crippen LogP contribution in [0.4, 0.5) is 5.69 Å². The second-order valence-electron chi connectivity index (χ2n) is 5.98. The van der Waals surface area contributed by atoms with Crippen LogP contribution in [0.25, 0.3) is 0 Å². The van der Waals surface area contributed by atoms with Gasteiger partial charge >= 0.3 is 0 Å². The minimum Gasteiger partial charge on any atom is -0.494 e. The Morgan fingerprint density at radius 2 is 2.00 bits per heavy atom. The normalized spacial score (nSPS) is 15.5. The molecule has 128 valence electrons. The maximum Gasteiger partial charge on any atom is 0.266 e. The average Bonchev–Trinajstić information content (AvgIpc) is 2.63. The predicted octanol–water partition coefficient (Wildman–Crippen LogP) is 3.70. The number of nitrogens with one attached hydrogen (secondary N) is 1. The van der Waals surface area contributed by atoms with E-state index in [1.165, 1.54) is 12.6 Å². The van der Waals surface area contributed by atoms with Gasteiger partial charge in [-0.1, -0.05) is 19.3 Å². The van der Waals surface area contributed by atoms with Crippen LogP contribution in [0.3, 0.4) is 0 Å². The average molecular weight is 327 g/mol. The molecule has 0 aromatic heterocycles. The topological polar surface area (TPSA) is 65.4 Å². The number of amides is 1. The van der Waals surface area contributed by atoms with Gasteiger partial charge in [-0.25, -0.2) is 0 Å². The summed E-state index contributed by atoms with van der Waals surface area (Å²) in [5.74, 6) is 0.573. The summed E-state index contributed by atoms with van der Waals surface area (Å²) in [5, 5.41) is 12.3. The molecule has 0 heterocycles. The van der Waals surface area contributed by atoms with Gasteiger partial charge < -0.3 is 15.0 Å². The molecule has 1 aromatic rings. The van der Waals surface area contributed by atoms with Crippen molar-refractivity contribution in [3.05, 3.63) is 36.0 Å². The highest BCUT2D eigenvalue weighted by Gasteiger charge is 2.24. The number of anilines is 1. The van der Waals surface area contributed by atoms with Gasteiger partial charge in [0.25, 0.3) is 5.91 Å². The molecule has 0 bridgehead atoms. The zero-order valence-electron chi connectivity index (χ0n) is 14.4. The van der Waals surface area contributed by atoms with E-state index in [0.717, 1.165) is 37.1 Å². The highest BCUT2D eigenvalue weighted by molar-refractivity contribution is 5.97.